The number of Topliss-reactive ketones (excluding diaryl/α,β-unsaturated/α-hetero) is 1. The number of anilines is 1. The van der Waals surface area contributed by atoms with Gasteiger partial charge in [0.1, 0.15) is 23.9 Å². The maximum absolute atomic E-state index is 13.3. The van der Waals surface area contributed by atoms with Gasteiger partial charge in [0.05, 0.1) is 30.5 Å². The normalized spacial score (nSPS) is 18.7. The quantitative estimate of drug-likeness (QED) is 0.315. The highest BCUT2D eigenvalue weighted by Gasteiger charge is 2.46. The Morgan fingerprint density at radius 1 is 1.06 bits per heavy atom. The number of hydrogen-bond acceptors (Lipinski definition) is 6. The van der Waals surface area contributed by atoms with Gasteiger partial charge in [0.15, 0.2) is 0 Å². The van der Waals surface area contributed by atoms with Crippen LogP contribution in [0.1, 0.15) is 29.7 Å². The van der Waals surface area contributed by atoms with E-state index in [0.29, 0.717) is 25.3 Å². The molecular formula is C29H28N2O5. The molecule has 3 aromatic rings. The maximum atomic E-state index is 13.3. The molecule has 2 heterocycles. The van der Waals surface area contributed by atoms with E-state index in [-0.39, 0.29) is 17.9 Å². The average molecular weight is 485 g/mol. The molecule has 0 aliphatic carbocycles. The number of carbonyl (C=O) groups is 2. The number of aliphatic hydroxyl groups excluding tert-OH is 1. The first-order chi connectivity index (χ1) is 17.5. The van der Waals surface area contributed by atoms with Gasteiger partial charge in [-0.25, -0.2) is 0 Å². The molecule has 3 aromatic carbocycles. The Morgan fingerprint density at radius 2 is 1.81 bits per heavy atom. The second-order valence-electron chi connectivity index (χ2n) is 8.87. The van der Waals surface area contributed by atoms with Crippen molar-refractivity contribution >= 4 is 23.1 Å². The molecule has 0 saturated carbocycles. The van der Waals surface area contributed by atoms with Crippen LogP contribution in [-0.4, -0.2) is 48.5 Å². The van der Waals surface area contributed by atoms with Crippen LogP contribution in [0.15, 0.2) is 78.4 Å². The van der Waals surface area contributed by atoms with Crippen LogP contribution < -0.4 is 14.4 Å². The van der Waals surface area contributed by atoms with Crippen LogP contribution in [0.25, 0.3) is 5.76 Å². The van der Waals surface area contributed by atoms with E-state index in [1.807, 2.05) is 73.5 Å². The van der Waals surface area contributed by atoms with Gasteiger partial charge in [0.25, 0.3) is 11.7 Å². The molecule has 1 atom stereocenters. The van der Waals surface area contributed by atoms with E-state index in [1.54, 1.807) is 18.2 Å². The summed E-state index contributed by atoms with van der Waals surface area (Å²) in [4.78, 5) is 30.2. The number of aliphatic hydroxyl groups is 1. The standard InChI is InChI=1S/C29H28N2O5/c1-3-35-22-12-9-19(10-13-22)18-31-26(20-7-5-4-6-8-20)25(28(33)29(31)34)27(32)21-11-14-24-23(17-21)30(2)15-16-36-24/h4-14,17,26,32H,3,15-16,18H2,1-2H3/b27-25-. The zero-order valence-electron chi connectivity index (χ0n) is 20.3. The molecule has 7 heteroatoms. The van der Waals surface area contributed by atoms with Crippen LogP contribution in [0.4, 0.5) is 5.69 Å². The Kier molecular flexibility index (Phi) is 6.38. The lowest BCUT2D eigenvalue weighted by molar-refractivity contribution is -0.140. The molecule has 0 spiro atoms. The molecule has 184 valence electrons. The van der Waals surface area contributed by atoms with Crippen molar-refractivity contribution in [1.29, 1.82) is 0 Å². The molecule has 36 heavy (non-hydrogen) atoms. The fourth-order valence-electron chi connectivity index (χ4n) is 4.73. The van der Waals surface area contributed by atoms with E-state index in [4.69, 9.17) is 9.47 Å². The van der Waals surface area contributed by atoms with Crippen LogP contribution >= 0.6 is 0 Å². The van der Waals surface area contributed by atoms with Gasteiger partial charge in [-0.05, 0) is 48.4 Å². The number of nitrogens with zero attached hydrogens (tertiary/aromatic N) is 2. The molecule has 2 aliphatic heterocycles. The van der Waals surface area contributed by atoms with Crippen molar-refractivity contribution in [2.45, 2.75) is 19.5 Å². The molecule has 1 amide bonds. The van der Waals surface area contributed by atoms with Crippen molar-refractivity contribution < 1.29 is 24.2 Å². The first-order valence-corrected chi connectivity index (χ1v) is 12.0. The molecule has 7 nitrogen and oxygen atoms in total. The number of likely N-dealkylation sites (tertiary alicyclic amines) is 1. The number of benzene rings is 3. The summed E-state index contributed by atoms with van der Waals surface area (Å²) in [5.41, 5.74) is 2.98. The second kappa shape index (κ2) is 9.77. The summed E-state index contributed by atoms with van der Waals surface area (Å²) in [5.74, 6) is -0.0781. The van der Waals surface area contributed by atoms with Crippen LogP contribution in [-0.2, 0) is 16.1 Å². The predicted molar refractivity (Wildman–Crippen MR) is 137 cm³/mol. The number of rotatable bonds is 6. The monoisotopic (exact) mass is 484 g/mol. The van der Waals surface area contributed by atoms with E-state index in [1.165, 1.54) is 4.90 Å². The predicted octanol–water partition coefficient (Wildman–Crippen LogP) is 4.54. The minimum Gasteiger partial charge on any atom is -0.507 e. The summed E-state index contributed by atoms with van der Waals surface area (Å²) >= 11 is 0. The summed E-state index contributed by atoms with van der Waals surface area (Å²) in [7, 11) is 1.95. The Hall–Kier alpha value is -4.26. The summed E-state index contributed by atoms with van der Waals surface area (Å²) in [5, 5.41) is 11.4. The largest absolute Gasteiger partial charge is 0.507 e. The molecule has 1 N–H and O–H groups in total. The van der Waals surface area contributed by atoms with Crippen molar-refractivity contribution in [3.8, 4) is 11.5 Å². The van der Waals surface area contributed by atoms with E-state index in [9.17, 15) is 14.7 Å². The van der Waals surface area contributed by atoms with E-state index < -0.39 is 17.7 Å². The minimum atomic E-state index is -0.720. The molecule has 0 bridgehead atoms. The lowest BCUT2D eigenvalue weighted by Gasteiger charge is -2.28. The Bertz CT molecular complexity index is 1320. The second-order valence-corrected chi connectivity index (χ2v) is 8.87. The first kappa shape index (κ1) is 23.5. The summed E-state index contributed by atoms with van der Waals surface area (Å²) in [6.45, 7) is 3.99. The van der Waals surface area contributed by atoms with Gasteiger partial charge in [0.2, 0.25) is 0 Å². The summed E-state index contributed by atoms with van der Waals surface area (Å²) in [6, 6.07) is 21.4. The Morgan fingerprint density at radius 3 is 2.53 bits per heavy atom. The lowest BCUT2D eigenvalue weighted by atomic mass is 9.95. The van der Waals surface area contributed by atoms with Gasteiger partial charge >= 0.3 is 0 Å². The highest BCUT2D eigenvalue weighted by Crippen LogP contribution is 2.41. The van der Waals surface area contributed by atoms with Crippen molar-refractivity contribution in [1.82, 2.24) is 4.90 Å². The van der Waals surface area contributed by atoms with Crippen molar-refractivity contribution in [2.24, 2.45) is 0 Å². The highest BCUT2D eigenvalue weighted by atomic mass is 16.5. The van der Waals surface area contributed by atoms with Gasteiger partial charge in [-0.15, -0.1) is 0 Å². The zero-order valence-corrected chi connectivity index (χ0v) is 20.3. The lowest BCUT2D eigenvalue weighted by Crippen LogP contribution is -2.29. The van der Waals surface area contributed by atoms with E-state index in [2.05, 4.69) is 0 Å². The van der Waals surface area contributed by atoms with Gasteiger partial charge in [-0.1, -0.05) is 42.5 Å². The summed E-state index contributed by atoms with van der Waals surface area (Å²) in [6.07, 6.45) is 0. The maximum Gasteiger partial charge on any atom is 0.295 e. The average Bonchev–Trinajstić information content (AvgIpc) is 3.15. The van der Waals surface area contributed by atoms with Crippen LogP contribution in [0.3, 0.4) is 0 Å². The van der Waals surface area contributed by atoms with Gasteiger partial charge in [-0.2, -0.15) is 0 Å². The topological polar surface area (TPSA) is 79.3 Å². The fraction of sp³-hybridized carbons (Fsp3) is 0.241. The Labute approximate surface area is 210 Å². The highest BCUT2D eigenvalue weighted by molar-refractivity contribution is 6.46. The molecular weight excluding hydrogens is 456 g/mol. The fourth-order valence-corrected chi connectivity index (χ4v) is 4.73. The Balaban J connectivity index is 1.57. The molecule has 2 aliphatic rings. The smallest absolute Gasteiger partial charge is 0.295 e. The van der Waals surface area contributed by atoms with E-state index in [0.717, 1.165) is 28.3 Å². The molecule has 0 aromatic heterocycles. The van der Waals surface area contributed by atoms with Gasteiger partial charge in [0, 0.05) is 19.2 Å². The molecule has 0 radical (unpaired) electrons. The summed E-state index contributed by atoms with van der Waals surface area (Å²) < 4.78 is 11.2. The number of hydrogen-bond donors (Lipinski definition) is 1. The number of amides is 1. The van der Waals surface area contributed by atoms with Gasteiger partial charge in [-0.3, -0.25) is 9.59 Å². The third kappa shape index (κ3) is 4.28. The number of ketones is 1. The van der Waals surface area contributed by atoms with Crippen molar-refractivity contribution in [2.75, 3.05) is 31.7 Å². The number of likely N-dealkylation sites (N-methyl/N-ethyl adjacent to an activating group) is 1. The SMILES string of the molecule is CCOc1ccc(CN2C(=O)C(=O)/C(=C(\O)c3ccc4c(c3)N(C)CCO4)C2c2ccccc2)cc1. The molecule has 5 rings (SSSR count). The van der Waals surface area contributed by atoms with Gasteiger partial charge < -0.3 is 24.4 Å². The number of carbonyl (C=O) groups excluding carboxylic acids is 2. The first-order valence-electron chi connectivity index (χ1n) is 12.0. The van der Waals surface area contributed by atoms with Crippen LogP contribution in [0.2, 0.25) is 0 Å². The third-order valence-electron chi connectivity index (χ3n) is 6.57. The van der Waals surface area contributed by atoms with Crippen molar-refractivity contribution in [3.05, 3.63) is 95.1 Å². The number of fused-ring (bicyclic) bond motifs is 1. The number of ether oxygens (including phenoxy) is 2. The van der Waals surface area contributed by atoms with E-state index >= 15 is 0 Å². The third-order valence-corrected chi connectivity index (χ3v) is 6.57. The molecule has 1 fully saturated rings. The van der Waals surface area contributed by atoms with Crippen LogP contribution in [0.5, 0.6) is 11.5 Å². The zero-order chi connectivity index (χ0) is 25.2. The molecule has 1 unspecified atom stereocenters. The molecule has 1 saturated heterocycles. The van der Waals surface area contributed by atoms with Crippen LogP contribution in [0, 0.1) is 0 Å². The minimum absolute atomic E-state index is 0.0801. The van der Waals surface area contributed by atoms with Crippen molar-refractivity contribution in [3.63, 3.8) is 0 Å².